The van der Waals surface area contributed by atoms with Gasteiger partial charge in [-0.1, -0.05) is 33.2 Å². The van der Waals surface area contributed by atoms with Crippen molar-refractivity contribution in [1.29, 1.82) is 0 Å². The van der Waals surface area contributed by atoms with Gasteiger partial charge in [-0.15, -0.1) is 0 Å². The molecule has 0 spiro atoms. The molecule has 1 amide bonds. The van der Waals surface area contributed by atoms with Crippen LogP contribution in [0.15, 0.2) is 45.4 Å². The Balaban J connectivity index is 1.78. The molecule has 2 aromatic rings. The van der Waals surface area contributed by atoms with E-state index in [-0.39, 0.29) is 5.82 Å². The fraction of sp³-hybridized carbons (Fsp3) is 0.133. The lowest BCUT2D eigenvalue weighted by molar-refractivity contribution is -0.142. The number of nitrogens with zero attached hydrogens (tertiary/aromatic N) is 1. The zero-order valence-corrected chi connectivity index (χ0v) is 13.3. The molecule has 6 nitrogen and oxygen atoms in total. The third-order valence-corrected chi connectivity index (χ3v) is 2.99. The summed E-state index contributed by atoms with van der Waals surface area (Å²) in [6.07, 6.45) is 2.86. The largest absolute Gasteiger partial charge is 0.452 e. The van der Waals surface area contributed by atoms with Crippen LogP contribution in [0.5, 0.6) is 0 Å². The van der Waals surface area contributed by atoms with Gasteiger partial charge in [-0.3, -0.25) is 4.79 Å². The van der Waals surface area contributed by atoms with Crippen molar-refractivity contribution in [3.8, 4) is 0 Å². The van der Waals surface area contributed by atoms with Crippen molar-refractivity contribution in [3.63, 3.8) is 0 Å². The zero-order chi connectivity index (χ0) is 15.9. The summed E-state index contributed by atoms with van der Waals surface area (Å²) in [5.74, 6) is -0.239. The number of rotatable bonds is 5. The summed E-state index contributed by atoms with van der Waals surface area (Å²) < 4.78 is 10.5. The third-order valence-electron chi connectivity index (χ3n) is 2.50. The van der Waals surface area contributed by atoms with Gasteiger partial charge >= 0.3 is 5.97 Å². The smallest absolute Gasteiger partial charge is 0.331 e. The van der Waals surface area contributed by atoms with Crippen LogP contribution in [0.3, 0.4) is 0 Å². The van der Waals surface area contributed by atoms with Gasteiger partial charge in [-0.05, 0) is 30.7 Å². The minimum Gasteiger partial charge on any atom is -0.452 e. The predicted molar refractivity (Wildman–Crippen MR) is 84.0 cm³/mol. The van der Waals surface area contributed by atoms with Crippen LogP contribution < -0.4 is 5.32 Å². The van der Waals surface area contributed by atoms with E-state index < -0.39 is 18.5 Å². The Morgan fingerprint density at radius 1 is 1.41 bits per heavy atom. The molecule has 0 saturated carbocycles. The summed E-state index contributed by atoms with van der Waals surface area (Å²) in [5, 5.41) is 6.05. The number of ether oxygens (including phenoxy) is 1. The number of carbonyl (C=O) groups excluding carboxylic acids is 2. The lowest BCUT2D eigenvalue weighted by atomic mass is 10.2. The number of nitrogens with one attached hydrogen (secondary N) is 1. The highest BCUT2D eigenvalue weighted by Crippen LogP contribution is 2.12. The van der Waals surface area contributed by atoms with Crippen LogP contribution in [-0.2, 0) is 14.3 Å². The van der Waals surface area contributed by atoms with Crippen LogP contribution in [0, 0.1) is 6.92 Å². The monoisotopic (exact) mass is 364 g/mol. The molecule has 1 N–H and O–H groups in total. The van der Waals surface area contributed by atoms with Crippen LogP contribution in [0.4, 0.5) is 5.82 Å². The molecule has 0 radical (unpaired) electrons. The Bertz CT molecular complexity index is 709. The van der Waals surface area contributed by atoms with E-state index >= 15 is 0 Å². The summed E-state index contributed by atoms with van der Waals surface area (Å²) >= 11 is 3.34. The van der Waals surface area contributed by atoms with Crippen molar-refractivity contribution < 1.29 is 18.8 Å². The first kappa shape index (κ1) is 16.0. The minimum atomic E-state index is -0.605. The second-order valence-corrected chi connectivity index (χ2v) is 5.28. The van der Waals surface area contributed by atoms with Crippen LogP contribution in [0.2, 0.25) is 0 Å². The van der Waals surface area contributed by atoms with Gasteiger partial charge in [0.2, 0.25) is 0 Å². The number of hydrogen-bond acceptors (Lipinski definition) is 5. The molecule has 1 aromatic heterocycles. The quantitative estimate of drug-likeness (QED) is 0.651. The number of aryl methyl sites for hydroxylation is 1. The van der Waals surface area contributed by atoms with Gasteiger partial charge in [0.25, 0.3) is 5.91 Å². The number of halogens is 1. The molecule has 0 fully saturated rings. The molecule has 0 aliphatic rings. The highest BCUT2D eigenvalue weighted by molar-refractivity contribution is 9.10. The number of esters is 1. The number of hydrogen-bond donors (Lipinski definition) is 1. The van der Waals surface area contributed by atoms with E-state index in [9.17, 15) is 9.59 Å². The minimum absolute atomic E-state index is 0.281. The topological polar surface area (TPSA) is 81.4 Å². The van der Waals surface area contributed by atoms with Crippen molar-refractivity contribution in [2.45, 2.75) is 6.92 Å². The number of carbonyl (C=O) groups is 2. The molecule has 0 aliphatic carbocycles. The fourth-order valence-electron chi connectivity index (χ4n) is 1.56. The maximum atomic E-state index is 11.5. The van der Waals surface area contributed by atoms with Crippen LogP contribution >= 0.6 is 15.9 Å². The second-order valence-electron chi connectivity index (χ2n) is 4.37. The Labute approximate surface area is 135 Å². The van der Waals surface area contributed by atoms with E-state index in [0.717, 1.165) is 10.0 Å². The van der Waals surface area contributed by atoms with E-state index in [2.05, 4.69) is 26.4 Å². The molecule has 0 bridgehead atoms. The van der Waals surface area contributed by atoms with E-state index in [0.29, 0.717) is 5.76 Å². The van der Waals surface area contributed by atoms with Gasteiger partial charge in [0.15, 0.2) is 12.4 Å². The molecule has 1 heterocycles. The summed E-state index contributed by atoms with van der Waals surface area (Å²) in [7, 11) is 0. The maximum Gasteiger partial charge on any atom is 0.331 e. The van der Waals surface area contributed by atoms with Crippen molar-refractivity contribution in [3.05, 3.63) is 52.2 Å². The van der Waals surface area contributed by atoms with Crippen molar-refractivity contribution >= 4 is 39.7 Å². The lowest BCUT2D eigenvalue weighted by Crippen LogP contribution is -2.20. The van der Waals surface area contributed by atoms with E-state index in [1.54, 1.807) is 19.1 Å². The Hall–Kier alpha value is -2.41. The normalized spacial score (nSPS) is 10.6. The summed E-state index contributed by atoms with van der Waals surface area (Å²) in [6.45, 7) is 1.31. The molecule has 7 heteroatoms. The first-order chi connectivity index (χ1) is 10.5. The van der Waals surface area contributed by atoms with Crippen molar-refractivity contribution in [2.75, 3.05) is 11.9 Å². The van der Waals surface area contributed by atoms with Gasteiger partial charge in [-0.2, -0.15) is 0 Å². The molecule has 0 unspecified atom stereocenters. The van der Waals surface area contributed by atoms with Gasteiger partial charge in [0, 0.05) is 16.6 Å². The first-order valence-electron chi connectivity index (χ1n) is 6.36. The predicted octanol–water partition coefficient (Wildman–Crippen LogP) is 2.94. The van der Waals surface area contributed by atoms with Crippen molar-refractivity contribution in [1.82, 2.24) is 5.16 Å². The average molecular weight is 365 g/mol. The Morgan fingerprint density at radius 2 is 2.23 bits per heavy atom. The number of aromatic nitrogens is 1. The van der Waals surface area contributed by atoms with Gasteiger partial charge in [0.1, 0.15) is 5.76 Å². The molecule has 114 valence electrons. The van der Waals surface area contributed by atoms with Gasteiger partial charge in [-0.25, -0.2) is 4.79 Å². The van der Waals surface area contributed by atoms with Crippen LogP contribution in [0.1, 0.15) is 11.3 Å². The number of amides is 1. The molecule has 2 rings (SSSR count). The van der Waals surface area contributed by atoms with Crippen LogP contribution in [0.25, 0.3) is 6.08 Å². The zero-order valence-electron chi connectivity index (χ0n) is 11.7. The maximum absolute atomic E-state index is 11.5. The highest BCUT2D eigenvalue weighted by atomic mass is 79.9. The number of anilines is 1. The highest BCUT2D eigenvalue weighted by Gasteiger charge is 2.08. The average Bonchev–Trinajstić information content (AvgIpc) is 2.88. The molecule has 1 aromatic carbocycles. The molecular weight excluding hydrogens is 352 g/mol. The number of benzene rings is 1. The van der Waals surface area contributed by atoms with E-state index in [1.165, 1.54) is 6.08 Å². The van der Waals surface area contributed by atoms with Gasteiger partial charge < -0.3 is 14.6 Å². The van der Waals surface area contributed by atoms with Crippen LogP contribution in [-0.4, -0.2) is 23.6 Å². The first-order valence-corrected chi connectivity index (χ1v) is 7.16. The molecular formula is C15H13BrN2O4. The van der Waals surface area contributed by atoms with E-state index in [4.69, 9.17) is 9.26 Å². The second kappa shape index (κ2) is 7.56. The SMILES string of the molecule is Cc1cc(NC(=O)COC(=O)/C=C/c2cccc(Br)c2)no1. The van der Waals surface area contributed by atoms with Gasteiger partial charge in [0.05, 0.1) is 0 Å². The fourth-order valence-corrected chi connectivity index (χ4v) is 1.98. The Morgan fingerprint density at radius 3 is 2.91 bits per heavy atom. The summed E-state index contributed by atoms with van der Waals surface area (Å²) in [5.41, 5.74) is 0.842. The standard InChI is InChI=1S/C15H13BrN2O4/c1-10-7-13(18-22-10)17-14(19)9-21-15(20)6-5-11-3-2-4-12(16)8-11/h2-8H,9H2,1H3,(H,17,18,19)/b6-5+. The summed E-state index contributed by atoms with van der Waals surface area (Å²) in [6, 6.07) is 8.98. The van der Waals surface area contributed by atoms with E-state index in [1.807, 2.05) is 24.3 Å². The molecule has 22 heavy (non-hydrogen) atoms. The summed E-state index contributed by atoms with van der Waals surface area (Å²) in [4.78, 5) is 23.1. The molecule has 0 saturated heterocycles. The lowest BCUT2D eigenvalue weighted by Gasteiger charge is -2.01. The molecule has 0 aliphatic heterocycles. The Kier molecular flexibility index (Phi) is 5.48. The molecule has 0 atom stereocenters. The third kappa shape index (κ3) is 5.17. The van der Waals surface area contributed by atoms with Crippen molar-refractivity contribution in [2.24, 2.45) is 0 Å².